The van der Waals surface area contributed by atoms with E-state index in [1.807, 2.05) is 67.6 Å². The van der Waals surface area contributed by atoms with E-state index < -0.39 is 4.92 Å². The molecule has 7 nitrogen and oxygen atoms in total. The molecule has 0 radical (unpaired) electrons. The van der Waals surface area contributed by atoms with Gasteiger partial charge in [0, 0.05) is 28.4 Å². The van der Waals surface area contributed by atoms with Crippen molar-refractivity contribution in [2.24, 2.45) is 0 Å². The van der Waals surface area contributed by atoms with Crippen molar-refractivity contribution in [1.82, 2.24) is 4.98 Å². The maximum Gasteiger partial charge on any atom is 0.274 e. The van der Waals surface area contributed by atoms with E-state index in [1.165, 1.54) is 6.07 Å². The zero-order valence-corrected chi connectivity index (χ0v) is 20.5. The highest BCUT2D eigenvalue weighted by molar-refractivity contribution is 8.00. The number of rotatable bonds is 7. The van der Waals surface area contributed by atoms with Crippen LogP contribution in [0.25, 0.3) is 22.4 Å². The van der Waals surface area contributed by atoms with E-state index >= 15 is 0 Å². The van der Waals surface area contributed by atoms with Crippen LogP contribution in [-0.4, -0.2) is 21.6 Å². The molecular formula is C28H22N4O3S. The van der Waals surface area contributed by atoms with Crippen molar-refractivity contribution in [1.29, 1.82) is 5.26 Å². The number of nitro benzene ring substituents is 1. The zero-order chi connectivity index (χ0) is 25.7. The van der Waals surface area contributed by atoms with Crippen LogP contribution >= 0.6 is 11.8 Å². The van der Waals surface area contributed by atoms with Gasteiger partial charge in [-0.3, -0.25) is 14.9 Å². The Hall–Kier alpha value is -4.48. The molecule has 4 rings (SSSR count). The summed E-state index contributed by atoms with van der Waals surface area (Å²) in [7, 11) is 0. The lowest BCUT2D eigenvalue weighted by Crippen LogP contribution is -2.14. The summed E-state index contributed by atoms with van der Waals surface area (Å²) in [4.78, 5) is 28.1. The van der Waals surface area contributed by atoms with E-state index in [9.17, 15) is 20.2 Å². The molecule has 1 aromatic heterocycles. The number of carbonyl (C=O) groups excluding carboxylic acids is 1. The molecule has 1 heterocycles. The van der Waals surface area contributed by atoms with Crippen LogP contribution in [0.3, 0.4) is 0 Å². The number of thioether (sulfide) groups is 1. The molecule has 36 heavy (non-hydrogen) atoms. The highest BCUT2D eigenvalue weighted by Gasteiger charge is 2.18. The predicted octanol–water partition coefficient (Wildman–Crippen LogP) is 6.54. The van der Waals surface area contributed by atoms with Gasteiger partial charge in [-0.25, -0.2) is 4.98 Å². The first-order valence-electron chi connectivity index (χ1n) is 11.1. The number of nitro groups is 1. The smallest absolute Gasteiger partial charge is 0.274 e. The number of anilines is 1. The number of amides is 1. The van der Waals surface area contributed by atoms with Gasteiger partial charge in [0.15, 0.2) is 0 Å². The minimum atomic E-state index is -0.482. The summed E-state index contributed by atoms with van der Waals surface area (Å²) in [6, 6.07) is 26.2. The van der Waals surface area contributed by atoms with Gasteiger partial charge >= 0.3 is 0 Å². The van der Waals surface area contributed by atoms with Gasteiger partial charge in [-0.15, -0.1) is 0 Å². The topological polar surface area (TPSA) is 109 Å². The quantitative estimate of drug-likeness (QED) is 0.177. The summed E-state index contributed by atoms with van der Waals surface area (Å²) in [5, 5.41) is 24.3. The third-order valence-electron chi connectivity index (χ3n) is 5.56. The molecule has 0 saturated carbocycles. The van der Waals surface area contributed by atoms with E-state index in [-0.39, 0.29) is 17.3 Å². The Balaban J connectivity index is 1.65. The summed E-state index contributed by atoms with van der Waals surface area (Å²) < 4.78 is 0. The van der Waals surface area contributed by atoms with Gasteiger partial charge in [-0.1, -0.05) is 78.0 Å². The first kappa shape index (κ1) is 24.6. The van der Waals surface area contributed by atoms with E-state index in [1.54, 1.807) is 19.1 Å². The molecule has 0 aliphatic carbocycles. The van der Waals surface area contributed by atoms with Crippen LogP contribution in [0.1, 0.15) is 16.7 Å². The van der Waals surface area contributed by atoms with E-state index in [0.717, 1.165) is 34.0 Å². The maximum atomic E-state index is 12.7. The lowest BCUT2D eigenvalue weighted by molar-refractivity contribution is -0.385. The van der Waals surface area contributed by atoms with Crippen LogP contribution in [0.2, 0.25) is 0 Å². The number of benzene rings is 3. The second kappa shape index (κ2) is 10.8. The predicted molar refractivity (Wildman–Crippen MR) is 142 cm³/mol. The monoisotopic (exact) mass is 494 g/mol. The number of hydrogen-bond acceptors (Lipinski definition) is 6. The fraction of sp³-hybridized carbons (Fsp3) is 0.107. The van der Waals surface area contributed by atoms with Crippen molar-refractivity contribution in [2.45, 2.75) is 18.9 Å². The molecule has 1 N–H and O–H groups in total. The molecule has 0 fully saturated rings. The highest BCUT2D eigenvalue weighted by atomic mass is 32.2. The molecule has 3 aromatic carbocycles. The molecule has 0 spiro atoms. The molecule has 0 unspecified atom stereocenters. The number of aromatic nitrogens is 1. The van der Waals surface area contributed by atoms with Crippen molar-refractivity contribution in [3.63, 3.8) is 0 Å². The average Bonchev–Trinajstić information content (AvgIpc) is 2.88. The number of pyridine rings is 1. The van der Waals surface area contributed by atoms with Crippen molar-refractivity contribution in [3.8, 4) is 28.5 Å². The van der Waals surface area contributed by atoms with E-state index in [4.69, 9.17) is 4.98 Å². The fourth-order valence-corrected chi connectivity index (χ4v) is 4.47. The molecule has 0 aliphatic rings. The number of nitrogens with one attached hydrogen (secondary N) is 1. The van der Waals surface area contributed by atoms with Gasteiger partial charge in [-0.05, 0) is 31.5 Å². The highest BCUT2D eigenvalue weighted by Crippen LogP contribution is 2.34. The van der Waals surface area contributed by atoms with Crippen LogP contribution in [0.15, 0.2) is 83.9 Å². The number of nitrogens with zero attached hydrogens (tertiary/aromatic N) is 3. The van der Waals surface area contributed by atoms with Gasteiger partial charge < -0.3 is 5.32 Å². The third kappa shape index (κ3) is 5.59. The lowest BCUT2D eigenvalue weighted by Gasteiger charge is -2.13. The molecule has 0 aliphatic heterocycles. The molecule has 8 heteroatoms. The Morgan fingerprint density at radius 1 is 1.03 bits per heavy atom. The minimum Gasteiger partial charge on any atom is -0.325 e. The van der Waals surface area contributed by atoms with Gasteiger partial charge in [0.25, 0.3) is 5.69 Å². The SMILES string of the molecule is Cc1ccc(-c2cc(-c3ccccc3)c(C#N)c(SCC(=O)Nc3ccc(C)c([N+](=O)[O-])c3)n2)cc1. The number of nitriles is 1. The van der Waals surface area contributed by atoms with Crippen LogP contribution < -0.4 is 5.32 Å². The van der Waals surface area contributed by atoms with E-state index in [2.05, 4.69) is 11.4 Å². The Morgan fingerprint density at radius 3 is 2.42 bits per heavy atom. The molecule has 4 aromatic rings. The Bertz CT molecular complexity index is 1480. The third-order valence-corrected chi connectivity index (χ3v) is 6.54. The first-order chi connectivity index (χ1) is 17.4. The summed E-state index contributed by atoms with van der Waals surface area (Å²) >= 11 is 1.15. The number of aryl methyl sites for hydroxylation is 2. The summed E-state index contributed by atoms with van der Waals surface area (Å²) in [6.45, 7) is 3.65. The Kier molecular flexibility index (Phi) is 7.42. The summed E-state index contributed by atoms with van der Waals surface area (Å²) in [5.74, 6) is -0.375. The lowest BCUT2D eigenvalue weighted by atomic mass is 9.99. The second-order valence-electron chi connectivity index (χ2n) is 8.17. The number of carbonyl (C=O) groups is 1. The van der Waals surface area contributed by atoms with Crippen LogP contribution in [0, 0.1) is 35.3 Å². The van der Waals surface area contributed by atoms with Crippen molar-refractivity contribution in [2.75, 3.05) is 11.1 Å². The number of hydrogen-bond donors (Lipinski definition) is 1. The fourth-order valence-electron chi connectivity index (χ4n) is 3.67. The van der Waals surface area contributed by atoms with Crippen molar-refractivity contribution < 1.29 is 9.72 Å². The maximum absolute atomic E-state index is 12.7. The van der Waals surface area contributed by atoms with Crippen molar-refractivity contribution in [3.05, 3.63) is 106 Å². The Morgan fingerprint density at radius 2 is 1.75 bits per heavy atom. The molecule has 0 saturated heterocycles. The van der Waals surface area contributed by atoms with Crippen LogP contribution in [-0.2, 0) is 4.79 Å². The van der Waals surface area contributed by atoms with Crippen molar-refractivity contribution >= 4 is 29.0 Å². The first-order valence-corrected chi connectivity index (χ1v) is 12.1. The molecular weight excluding hydrogens is 472 g/mol. The summed E-state index contributed by atoms with van der Waals surface area (Å²) in [5.41, 5.74) is 5.52. The average molecular weight is 495 g/mol. The molecule has 0 bridgehead atoms. The molecule has 0 atom stereocenters. The van der Waals surface area contributed by atoms with Gasteiger partial charge in [0.05, 0.1) is 21.9 Å². The molecule has 1 amide bonds. The normalized spacial score (nSPS) is 10.5. The summed E-state index contributed by atoms with van der Waals surface area (Å²) in [6.07, 6.45) is 0. The van der Waals surface area contributed by atoms with Gasteiger partial charge in [0.2, 0.25) is 5.91 Å². The van der Waals surface area contributed by atoms with Crippen LogP contribution in [0.4, 0.5) is 11.4 Å². The minimum absolute atomic E-state index is 0.0189. The zero-order valence-electron chi connectivity index (χ0n) is 19.7. The standard InChI is InChI=1S/C28H22N4O3S/c1-18-8-11-21(12-9-18)25-15-23(20-6-4-3-5-7-20)24(16-29)28(31-25)36-17-27(33)30-22-13-10-19(2)26(14-22)32(34)35/h3-15H,17H2,1-2H3,(H,30,33). The second-order valence-corrected chi connectivity index (χ2v) is 9.14. The Labute approximate surface area is 213 Å². The largest absolute Gasteiger partial charge is 0.325 e. The van der Waals surface area contributed by atoms with E-state index in [0.29, 0.717) is 27.5 Å². The van der Waals surface area contributed by atoms with Gasteiger partial charge in [0.1, 0.15) is 11.1 Å². The molecule has 178 valence electrons. The van der Waals surface area contributed by atoms with Gasteiger partial charge in [-0.2, -0.15) is 5.26 Å². The van der Waals surface area contributed by atoms with Crippen LogP contribution in [0.5, 0.6) is 0 Å².